The van der Waals surface area contributed by atoms with E-state index in [1.165, 1.54) is 6.08 Å². The lowest BCUT2D eigenvalue weighted by Gasteiger charge is -2.22. The van der Waals surface area contributed by atoms with Crippen molar-refractivity contribution in [2.45, 2.75) is 70.2 Å². The zero-order valence-electron chi connectivity index (χ0n) is 28.5. The van der Waals surface area contributed by atoms with Crippen molar-refractivity contribution in [3.8, 4) is 5.75 Å². The number of aliphatic hydroxyl groups excluding tert-OH is 1. The van der Waals surface area contributed by atoms with Crippen molar-refractivity contribution in [1.29, 1.82) is 0 Å². The molecule has 3 rings (SSSR count). The fraction of sp³-hybridized carbons (Fsp3) is 0.350. The summed E-state index contributed by atoms with van der Waals surface area (Å²) in [6.45, 7) is 7.04. The number of ether oxygens (including phenoxy) is 3. The molecule has 3 aromatic carbocycles. The smallest absolute Gasteiger partial charge is 0.332 e. The molecule has 3 aromatic rings. The summed E-state index contributed by atoms with van der Waals surface area (Å²) in [6, 6.07) is 24.4. The van der Waals surface area contributed by atoms with Crippen LogP contribution in [-0.2, 0) is 48.3 Å². The first-order valence-corrected chi connectivity index (χ1v) is 16.9. The first kappa shape index (κ1) is 39.2. The third-order valence-corrected chi connectivity index (χ3v) is 7.77. The van der Waals surface area contributed by atoms with Gasteiger partial charge in [-0.05, 0) is 60.9 Å². The van der Waals surface area contributed by atoms with Crippen molar-refractivity contribution in [2.75, 3.05) is 13.2 Å². The van der Waals surface area contributed by atoms with Gasteiger partial charge in [0.25, 0.3) is 0 Å². The molecule has 0 bridgehead atoms. The molecule has 2 amide bonds. The third kappa shape index (κ3) is 14.9. The highest BCUT2D eigenvalue weighted by Crippen LogP contribution is 2.16. The van der Waals surface area contributed by atoms with Gasteiger partial charge in [0.15, 0.2) is 6.04 Å². The second-order valence-corrected chi connectivity index (χ2v) is 11.9. The summed E-state index contributed by atoms with van der Waals surface area (Å²) in [7, 11) is 0. The number of aliphatic hydroxyl groups is 1. The average Bonchev–Trinajstić information content (AvgIpc) is 3.14. The van der Waals surface area contributed by atoms with Gasteiger partial charge in [0.05, 0.1) is 18.6 Å². The summed E-state index contributed by atoms with van der Waals surface area (Å²) < 4.78 is 16.6. The number of allylic oxidation sites excluding steroid dienone is 2. The van der Waals surface area contributed by atoms with E-state index >= 15 is 0 Å². The minimum atomic E-state index is -1.29. The van der Waals surface area contributed by atoms with Crippen LogP contribution in [0.25, 0.3) is 0 Å². The zero-order chi connectivity index (χ0) is 36.0. The molecule has 0 aliphatic rings. The zero-order valence-corrected chi connectivity index (χ0v) is 28.5. The predicted molar refractivity (Wildman–Crippen MR) is 191 cm³/mol. The molecule has 0 fully saturated rings. The average molecular weight is 685 g/mol. The topological polar surface area (TPSA) is 140 Å². The fourth-order valence-electron chi connectivity index (χ4n) is 5.00. The Kier molecular flexibility index (Phi) is 17.6. The van der Waals surface area contributed by atoms with Gasteiger partial charge in [0.1, 0.15) is 25.6 Å². The lowest BCUT2D eigenvalue weighted by molar-refractivity contribution is -0.155. The van der Waals surface area contributed by atoms with Crippen molar-refractivity contribution in [2.24, 2.45) is 5.92 Å². The van der Waals surface area contributed by atoms with E-state index in [0.29, 0.717) is 25.2 Å². The number of nitrogens with one attached hydrogen (secondary N) is 2. The van der Waals surface area contributed by atoms with E-state index in [0.717, 1.165) is 29.5 Å². The molecule has 0 heterocycles. The Morgan fingerprint density at radius 2 is 1.42 bits per heavy atom. The van der Waals surface area contributed by atoms with Crippen LogP contribution in [0, 0.1) is 5.92 Å². The van der Waals surface area contributed by atoms with Crippen LogP contribution in [0.15, 0.2) is 110 Å². The Balaban J connectivity index is 1.56. The van der Waals surface area contributed by atoms with E-state index in [1.807, 2.05) is 72.8 Å². The molecule has 0 saturated carbocycles. The molecule has 3 atom stereocenters. The van der Waals surface area contributed by atoms with Gasteiger partial charge in [-0.3, -0.25) is 14.4 Å². The number of hydrogen-bond donors (Lipinski definition) is 3. The highest BCUT2D eigenvalue weighted by Gasteiger charge is 2.29. The van der Waals surface area contributed by atoms with Crippen LogP contribution >= 0.6 is 0 Å². The summed E-state index contributed by atoms with van der Waals surface area (Å²) in [4.78, 5) is 51.9. The Morgan fingerprint density at radius 1 is 0.760 bits per heavy atom. The van der Waals surface area contributed by atoms with Crippen LogP contribution in [-0.4, -0.2) is 54.2 Å². The molecule has 0 aromatic heterocycles. The van der Waals surface area contributed by atoms with Crippen molar-refractivity contribution in [3.05, 3.63) is 127 Å². The number of unbranched alkanes of at least 4 members (excludes halogenated alkanes) is 2. The molecule has 3 N–H and O–H groups in total. The molecule has 0 spiro atoms. The molecule has 0 unspecified atom stereocenters. The maximum Gasteiger partial charge on any atom is 0.332 e. The maximum absolute atomic E-state index is 13.4. The lowest BCUT2D eigenvalue weighted by Crippen LogP contribution is -2.48. The number of carbonyl (C=O) groups is 4. The lowest BCUT2D eigenvalue weighted by atomic mass is 9.98. The van der Waals surface area contributed by atoms with E-state index in [-0.39, 0.29) is 32.5 Å². The minimum Gasteiger partial charge on any atom is -0.489 e. The van der Waals surface area contributed by atoms with E-state index in [1.54, 1.807) is 18.2 Å². The monoisotopic (exact) mass is 684 g/mol. The minimum absolute atomic E-state index is 0.0357. The van der Waals surface area contributed by atoms with Crippen LogP contribution in [0.2, 0.25) is 0 Å². The summed E-state index contributed by atoms with van der Waals surface area (Å²) in [5.74, 6) is -2.53. The quantitative estimate of drug-likeness (QED) is 0.0687. The first-order valence-electron chi connectivity index (χ1n) is 16.9. The van der Waals surface area contributed by atoms with Crippen LogP contribution in [0.4, 0.5) is 0 Å². The largest absolute Gasteiger partial charge is 0.489 e. The Bertz CT molecular complexity index is 1490. The molecule has 10 heteroatoms. The van der Waals surface area contributed by atoms with E-state index < -0.39 is 48.4 Å². The van der Waals surface area contributed by atoms with Crippen LogP contribution in [0.3, 0.4) is 0 Å². The van der Waals surface area contributed by atoms with Gasteiger partial charge in [0.2, 0.25) is 11.8 Å². The molecule has 0 aliphatic heterocycles. The summed E-state index contributed by atoms with van der Waals surface area (Å²) in [5.41, 5.74) is 2.68. The van der Waals surface area contributed by atoms with Gasteiger partial charge in [-0.25, -0.2) is 4.79 Å². The van der Waals surface area contributed by atoms with Crippen molar-refractivity contribution in [3.63, 3.8) is 0 Å². The van der Waals surface area contributed by atoms with Gasteiger partial charge in [-0.2, -0.15) is 0 Å². The number of esters is 2. The van der Waals surface area contributed by atoms with Crippen molar-refractivity contribution < 1.29 is 38.5 Å². The van der Waals surface area contributed by atoms with E-state index in [2.05, 4.69) is 23.8 Å². The number of rotatable bonds is 23. The van der Waals surface area contributed by atoms with Gasteiger partial charge in [0, 0.05) is 12.8 Å². The second kappa shape index (κ2) is 22.4. The van der Waals surface area contributed by atoms with Crippen LogP contribution < -0.4 is 15.4 Å². The molecule has 10 nitrogen and oxygen atoms in total. The number of amides is 2. The first-order chi connectivity index (χ1) is 24.3. The van der Waals surface area contributed by atoms with Gasteiger partial charge < -0.3 is 30.0 Å². The summed E-state index contributed by atoms with van der Waals surface area (Å²) in [5, 5.41) is 15.4. The molecular formula is C40H48N2O8. The van der Waals surface area contributed by atoms with Crippen LogP contribution in [0.1, 0.15) is 55.2 Å². The maximum atomic E-state index is 13.4. The molecule has 0 saturated heterocycles. The Morgan fingerprint density at radius 3 is 2.04 bits per heavy atom. The highest BCUT2D eigenvalue weighted by atomic mass is 16.6. The van der Waals surface area contributed by atoms with E-state index in [4.69, 9.17) is 14.2 Å². The molecule has 0 radical (unpaired) electrons. The standard InChI is InChI=1S/C40H48N2O8/c1-3-5-6-13-19-38(45)49-29-36(40(47)50-28-32-17-11-8-12-18-32)42-39(46)33(14-4-2)25-37(44)41-34(26-43)24-30-20-22-35(23-21-30)48-27-31-15-9-7-10-16-31/h3-4,7-12,15-18,20-23,33-34,36,43H,1-2,5-6,13-14,19,24-29H2,(H,41,44)(H,42,46)/t33-,34-,36+/m0/s1. The predicted octanol–water partition coefficient (Wildman–Crippen LogP) is 5.39. The Hall–Kier alpha value is -5.22. The summed E-state index contributed by atoms with van der Waals surface area (Å²) in [6.07, 6.45) is 5.85. The molecular weight excluding hydrogens is 636 g/mol. The second-order valence-electron chi connectivity index (χ2n) is 11.9. The van der Waals surface area contributed by atoms with Gasteiger partial charge in [-0.1, -0.05) is 84.9 Å². The molecule has 0 aliphatic carbocycles. The molecule has 266 valence electrons. The SMILES string of the molecule is C=CCCCCC(=O)OC[C@@H](NC(=O)[C@@H](CC=C)CC(=O)N[C@H](CO)Cc1ccc(OCc2ccccc2)cc1)C(=O)OCc1ccccc1. The van der Waals surface area contributed by atoms with E-state index in [9.17, 15) is 24.3 Å². The van der Waals surface area contributed by atoms with Gasteiger partial charge in [-0.15, -0.1) is 13.2 Å². The van der Waals surface area contributed by atoms with Crippen molar-refractivity contribution in [1.82, 2.24) is 10.6 Å². The molecule has 50 heavy (non-hydrogen) atoms. The van der Waals surface area contributed by atoms with Crippen molar-refractivity contribution >= 4 is 23.8 Å². The van der Waals surface area contributed by atoms with Gasteiger partial charge >= 0.3 is 11.9 Å². The van der Waals surface area contributed by atoms with Crippen LogP contribution in [0.5, 0.6) is 5.75 Å². The summed E-state index contributed by atoms with van der Waals surface area (Å²) >= 11 is 0. The normalized spacial score (nSPS) is 12.4. The number of carbonyl (C=O) groups excluding carboxylic acids is 4. The third-order valence-electron chi connectivity index (χ3n) is 7.77. The Labute approximate surface area is 294 Å². The number of hydrogen-bond acceptors (Lipinski definition) is 8. The fourth-order valence-corrected chi connectivity index (χ4v) is 5.00. The number of benzene rings is 3. The highest BCUT2D eigenvalue weighted by molar-refractivity contribution is 5.89.